The van der Waals surface area contributed by atoms with E-state index >= 15 is 0 Å². The molecule has 2 aromatic rings. The Morgan fingerprint density at radius 1 is 1.19 bits per heavy atom. The number of rotatable bonds is 9. The second-order valence-electron chi connectivity index (χ2n) is 7.27. The van der Waals surface area contributed by atoms with Gasteiger partial charge in [-0.2, -0.15) is 0 Å². The lowest BCUT2D eigenvalue weighted by molar-refractivity contribution is -0.125. The summed E-state index contributed by atoms with van der Waals surface area (Å²) in [4.78, 5) is 38.8. The van der Waals surface area contributed by atoms with Crippen LogP contribution in [0.15, 0.2) is 34.9 Å². The first-order valence-corrected chi connectivity index (χ1v) is 10.5. The van der Waals surface area contributed by atoms with Gasteiger partial charge in [0.2, 0.25) is 17.7 Å². The van der Waals surface area contributed by atoms with Crippen molar-refractivity contribution < 1.29 is 23.6 Å². The number of nitrogens with one attached hydrogen (secondary N) is 2. The number of nitrogens with zero attached hydrogens (tertiary/aromatic N) is 2. The molecular weight excluding hydrogens is 424 g/mol. The highest BCUT2D eigenvalue weighted by Crippen LogP contribution is 2.19. The monoisotopic (exact) mass is 448 g/mol. The fourth-order valence-electron chi connectivity index (χ4n) is 3.16. The average Bonchev–Trinajstić information content (AvgIpc) is 3.41. The van der Waals surface area contributed by atoms with E-state index in [-0.39, 0.29) is 49.0 Å². The summed E-state index contributed by atoms with van der Waals surface area (Å²) in [5.41, 5.74) is 0.522. The van der Waals surface area contributed by atoms with Crippen LogP contribution >= 0.6 is 11.6 Å². The molecule has 3 amide bonds. The van der Waals surface area contributed by atoms with Crippen LogP contribution in [-0.4, -0.2) is 48.7 Å². The maximum absolute atomic E-state index is 12.9. The van der Waals surface area contributed by atoms with E-state index < -0.39 is 0 Å². The van der Waals surface area contributed by atoms with Gasteiger partial charge in [-0.3, -0.25) is 14.4 Å². The van der Waals surface area contributed by atoms with Crippen LogP contribution in [0.5, 0.6) is 0 Å². The zero-order valence-corrected chi connectivity index (χ0v) is 18.0. The Morgan fingerprint density at radius 2 is 1.97 bits per heavy atom. The Labute approximate surface area is 185 Å². The number of aromatic nitrogens is 1. The van der Waals surface area contributed by atoms with Crippen LogP contribution in [0.25, 0.3) is 0 Å². The van der Waals surface area contributed by atoms with Crippen molar-refractivity contribution in [2.75, 3.05) is 29.9 Å². The van der Waals surface area contributed by atoms with Crippen LogP contribution in [0, 0.1) is 6.92 Å². The first-order chi connectivity index (χ1) is 14.9. The van der Waals surface area contributed by atoms with E-state index in [1.165, 1.54) is 4.90 Å². The fourth-order valence-corrected chi connectivity index (χ4v) is 3.29. The summed E-state index contributed by atoms with van der Waals surface area (Å²) < 4.78 is 10.4. The Hall–Kier alpha value is -2.91. The summed E-state index contributed by atoms with van der Waals surface area (Å²) in [7, 11) is 0. The minimum atomic E-state index is -0.375. The van der Waals surface area contributed by atoms with Crippen molar-refractivity contribution in [1.29, 1.82) is 0 Å². The van der Waals surface area contributed by atoms with E-state index in [0.717, 1.165) is 12.8 Å². The highest BCUT2D eigenvalue weighted by Gasteiger charge is 2.22. The highest BCUT2D eigenvalue weighted by atomic mass is 35.5. The molecule has 0 saturated carbocycles. The average molecular weight is 449 g/mol. The van der Waals surface area contributed by atoms with Crippen LogP contribution < -0.4 is 15.5 Å². The molecule has 1 aliphatic heterocycles. The Bertz CT molecular complexity index is 909. The van der Waals surface area contributed by atoms with Crippen LogP contribution in [0.1, 0.15) is 31.4 Å². The SMILES string of the molecule is Cc1cc(NC(=O)CCC(=O)N(CC(=O)NC[C@H]2CCCO2)c2ccc(Cl)cc2)no1. The number of carbonyl (C=O) groups is 3. The largest absolute Gasteiger partial charge is 0.376 e. The van der Waals surface area contributed by atoms with Gasteiger partial charge in [0.05, 0.1) is 6.10 Å². The minimum Gasteiger partial charge on any atom is -0.376 e. The summed E-state index contributed by atoms with van der Waals surface area (Å²) in [5, 5.41) is 9.58. The van der Waals surface area contributed by atoms with E-state index in [9.17, 15) is 14.4 Å². The third-order valence-corrected chi connectivity index (χ3v) is 5.01. The topological polar surface area (TPSA) is 114 Å². The van der Waals surface area contributed by atoms with Gasteiger partial charge in [-0.15, -0.1) is 0 Å². The number of benzene rings is 1. The molecule has 1 fully saturated rings. The number of anilines is 2. The van der Waals surface area contributed by atoms with Crippen molar-refractivity contribution in [3.8, 4) is 0 Å². The summed E-state index contributed by atoms with van der Waals surface area (Å²) in [6, 6.07) is 8.18. The molecule has 2 N–H and O–H groups in total. The highest BCUT2D eigenvalue weighted by molar-refractivity contribution is 6.30. The van der Waals surface area contributed by atoms with E-state index in [0.29, 0.717) is 29.6 Å². The predicted molar refractivity (Wildman–Crippen MR) is 115 cm³/mol. The Balaban J connectivity index is 1.58. The summed E-state index contributed by atoms with van der Waals surface area (Å²) in [5.74, 6) is -0.185. The molecule has 1 aliphatic rings. The third-order valence-electron chi connectivity index (χ3n) is 4.75. The zero-order valence-electron chi connectivity index (χ0n) is 17.2. The van der Waals surface area contributed by atoms with Crippen molar-refractivity contribution in [3.63, 3.8) is 0 Å². The smallest absolute Gasteiger partial charge is 0.240 e. The molecule has 0 spiro atoms. The predicted octanol–water partition coefficient (Wildman–Crippen LogP) is 2.68. The number of aryl methyl sites for hydroxylation is 1. The number of ether oxygens (including phenoxy) is 1. The molecule has 1 aromatic carbocycles. The molecule has 1 saturated heterocycles. The van der Waals surface area contributed by atoms with Crippen molar-refractivity contribution in [1.82, 2.24) is 10.5 Å². The van der Waals surface area contributed by atoms with Gasteiger partial charge in [0.15, 0.2) is 5.82 Å². The summed E-state index contributed by atoms with van der Waals surface area (Å²) >= 11 is 5.94. The number of amides is 3. The minimum absolute atomic E-state index is 0.00694. The van der Waals surface area contributed by atoms with Crippen molar-refractivity contribution >= 4 is 40.8 Å². The first kappa shape index (κ1) is 22.8. The van der Waals surface area contributed by atoms with Gasteiger partial charge >= 0.3 is 0 Å². The van der Waals surface area contributed by atoms with Crippen molar-refractivity contribution in [2.24, 2.45) is 0 Å². The molecule has 1 aromatic heterocycles. The molecule has 31 heavy (non-hydrogen) atoms. The molecule has 0 unspecified atom stereocenters. The second kappa shape index (κ2) is 10.9. The van der Waals surface area contributed by atoms with Gasteiger partial charge in [-0.25, -0.2) is 0 Å². The second-order valence-corrected chi connectivity index (χ2v) is 7.70. The lowest BCUT2D eigenvalue weighted by atomic mass is 10.2. The number of hydrogen-bond acceptors (Lipinski definition) is 6. The maximum atomic E-state index is 12.9. The van der Waals surface area contributed by atoms with Crippen LogP contribution in [-0.2, 0) is 19.1 Å². The third kappa shape index (κ3) is 7.08. The number of carbonyl (C=O) groups excluding carboxylic acids is 3. The number of halogens is 1. The van der Waals surface area contributed by atoms with Gasteiger partial charge in [-0.1, -0.05) is 16.8 Å². The normalized spacial score (nSPS) is 15.5. The zero-order chi connectivity index (χ0) is 22.2. The molecule has 3 rings (SSSR count). The molecule has 0 radical (unpaired) electrons. The molecule has 166 valence electrons. The summed E-state index contributed by atoms with van der Waals surface area (Å²) in [6.45, 7) is 2.64. The van der Waals surface area contributed by atoms with Crippen LogP contribution in [0.3, 0.4) is 0 Å². The standard InChI is InChI=1S/C21H25ClN4O5/c1-14-11-18(25-31-14)24-19(27)8-9-21(29)26(16-6-4-15(22)5-7-16)13-20(28)23-12-17-3-2-10-30-17/h4-7,11,17H,2-3,8-10,12-13H2,1H3,(H,23,28)(H,24,25,27)/t17-/m1/s1. The molecular formula is C21H25ClN4O5. The fraction of sp³-hybridized carbons (Fsp3) is 0.429. The van der Waals surface area contributed by atoms with Gasteiger partial charge in [-0.05, 0) is 44.0 Å². The van der Waals surface area contributed by atoms with Gasteiger partial charge < -0.3 is 24.8 Å². The van der Waals surface area contributed by atoms with E-state index in [2.05, 4.69) is 15.8 Å². The van der Waals surface area contributed by atoms with Gasteiger partial charge in [0.1, 0.15) is 12.3 Å². The maximum Gasteiger partial charge on any atom is 0.240 e. The van der Waals surface area contributed by atoms with E-state index in [1.807, 2.05) is 0 Å². The Kier molecular flexibility index (Phi) is 8.02. The van der Waals surface area contributed by atoms with Crippen molar-refractivity contribution in [2.45, 2.75) is 38.7 Å². The summed E-state index contributed by atoms with van der Waals surface area (Å²) in [6.07, 6.45) is 1.75. The molecule has 2 heterocycles. The molecule has 0 aliphatic carbocycles. The molecule has 10 heteroatoms. The van der Waals surface area contributed by atoms with Crippen LogP contribution in [0.2, 0.25) is 5.02 Å². The first-order valence-electron chi connectivity index (χ1n) is 10.1. The lowest BCUT2D eigenvalue weighted by Crippen LogP contribution is -2.43. The van der Waals surface area contributed by atoms with Crippen LogP contribution in [0.4, 0.5) is 11.5 Å². The molecule has 9 nitrogen and oxygen atoms in total. The molecule has 0 bridgehead atoms. The molecule has 1 atom stereocenters. The van der Waals surface area contributed by atoms with Gasteiger partial charge in [0, 0.05) is 42.8 Å². The number of hydrogen-bond donors (Lipinski definition) is 2. The quantitative estimate of drug-likeness (QED) is 0.609. The van der Waals surface area contributed by atoms with E-state index in [1.54, 1.807) is 37.3 Å². The lowest BCUT2D eigenvalue weighted by Gasteiger charge is -2.23. The van der Waals surface area contributed by atoms with E-state index in [4.69, 9.17) is 20.9 Å². The Morgan fingerprint density at radius 3 is 2.61 bits per heavy atom. The van der Waals surface area contributed by atoms with Gasteiger partial charge in [0.25, 0.3) is 0 Å². The van der Waals surface area contributed by atoms with Crippen molar-refractivity contribution in [3.05, 3.63) is 41.1 Å².